The maximum atomic E-state index is 14.0. The largest absolute Gasteiger partial charge is 0.496 e. The molecule has 0 spiro atoms. The van der Waals surface area contributed by atoms with Crippen molar-refractivity contribution in [3.8, 4) is 5.75 Å². The summed E-state index contributed by atoms with van der Waals surface area (Å²) in [6.45, 7) is 0.563. The third-order valence-corrected chi connectivity index (χ3v) is 7.91. The van der Waals surface area contributed by atoms with Crippen LogP contribution in [0.5, 0.6) is 5.75 Å². The van der Waals surface area contributed by atoms with E-state index in [0.29, 0.717) is 18.5 Å². The smallest absolute Gasteiger partial charge is 0.407 e. The molecule has 2 aliphatic rings. The number of methoxy groups -OCH3 is 1. The molecule has 0 radical (unpaired) electrons. The monoisotopic (exact) mass is 540 g/mol. The molecule has 40 heavy (non-hydrogen) atoms. The van der Waals surface area contributed by atoms with Gasteiger partial charge in [0.2, 0.25) is 0 Å². The van der Waals surface area contributed by atoms with Crippen molar-refractivity contribution < 1.29 is 23.0 Å². The quantitative estimate of drug-likeness (QED) is 0.303. The highest BCUT2D eigenvalue weighted by atomic mass is 19.1. The van der Waals surface area contributed by atoms with Gasteiger partial charge in [-0.1, -0.05) is 72.8 Å². The topological polar surface area (TPSA) is 50.8 Å². The Labute approximate surface area is 232 Å². The van der Waals surface area contributed by atoms with Gasteiger partial charge in [0.25, 0.3) is 0 Å². The highest BCUT2D eigenvalue weighted by molar-refractivity contribution is 5.70. The first-order valence-corrected chi connectivity index (χ1v) is 13.4. The van der Waals surface area contributed by atoms with Gasteiger partial charge < -0.3 is 14.8 Å². The highest BCUT2D eigenvalue weighted by Gasteiger charge is 2.46. The van der Waals surface area contributed by atoms with Gasteiger partial charge in [-0.25, -0.2) is 13.6 Å². The summed E-state index contributed by atoms with van der Waals surface area (Å²) in [7, 11) is 1.68. The zero-order chi connectivity index (χ0) is 27.6. The Hall–Kier alpha value is -4.23. The number of hydrogen-bond donors (Lipinski definition) is 1. The van der Waals surface area contributed by atoms with Gasteiger partial charge in [0.15, 0.2) is 0 Å². The number of fused-ring (bicyclic) bond motifs is 1. The van der Waals surface area contributed by atoms with Crippen molar-refractivity contribution in [2.45, 2.75) is 43.6 Å². The van der Waals surface area contributed by atoms with E-state index in [2.05, 4.69) is 40.5 Å². The van der Waals surface area contributed by atoms with Gasteiger partial charge in [0.1, 0.15) is 23.5 Å². The first-order valence-electron chi connectivity index (χ1n) is 13.4. The summed E-state index contributed by atoms with van der Waals surface area (Å²) >= 11 is 0. The molecule has 1 saturated heterocycles. The molecule has 2 aliphatic heterocycles. The Morgan fingerprint density at radius 2 is 1.57 bits per heavy atom. The summed E-state index contributed by atoms with van der Waals surface area (Å²) in [4.78, 5) is 15.0. The van der Waals surface area contributed by atoms with E-state index in [1.165, 1.54) is 12.1 Å². The van der Waals surface area contributed by atoms with Gasteiger partial charge in [-0.3, -0.25) is 4.90 Å². The molecule has 0 saturated carbocycles. The third-order valence-electron chi connectivity index (χ3n) is 7.91. The standard InChI is InChI=1S/C33H30F2N2O3/c1-39-30-14-8-13-24-18-29(32-28(36-33(38)40-32)17-21-15-25(34)19-26(35)16-21)37(20-27(24)30)31(22-9-4-2-5-10-22)23-11-6-3-7-12-23/h2-16,19,28-29,31-32H,17-18,20H2,1H3,(H,36,38)/t28-,29+,32-/m0/s1. The van der Waals surface area contributed by atoms with Gasteiger partial charge in [-0.05, 0) is 53.3 Å². The van der Waals surface area contributed by atoms with Crippen LogP contribution in [0.15, 0.2) is 97.1 Å². The van der Waals surface area contributed by atoms with E-state index in [9.17, 15) is 13.6 Å². The second-order valence-corrected chi connectivity index (χ2v) is 10.4. The molecule has 4 aromatic carbocycles. The van der Waals surface area contributed by atoms with Crippen LogP contribution in [0.3, 0.4) is 0 Å². The fourth-order valence-corrected chi connectivity index (χ4v) is 6.22. The van der Waals surface area contributed by atoms with Crippen molar-refractivity contribution in [3.05, 3.63) is 137 Å². The molecule has 0 bridgehead atoms. The van der Waals surface area contributed by atoms with Crippen molar-refractivity contribution in [1.82, 2.24) is 10.2 Å². The number of hydrogen-bond acceptors (Lipinski definition) is 4. The molecule has 5 nitrogen and oxygen atoms in total. The van der Waals surface area contributed by atoms with E-state index in [4.69, 9.17) is 9.47 Å². The number of benzene rings is 4. The Kier molecular flexibility index (Phi) is 7.22. The van der Waals surface area contributed by atoms with Crippen LogP contribution in [0.4, 0.5) is 13.6 Å². The van der Waals surface area contributed by atoms with Crippen LogP contribution in [0.1, 0.15) is 33.9 Å². The zero-order valence-electron chi connectivity index (χ0n) is 22.1. The maximum absolute atomic E-state index is 14.0. The van der Waals surface area contributed by atoms with Crippen molar-refractivity contribution in [3.63, 3.8) is 0 Å². The minimum atomic E-state index is -0.648. The molecule has 0 aliphatic carbocycles. The van der Waals surface area contributed by atoms with E-state index in [1.807, 2.05) is 48.5 Å². The van der Waals surface area contributed by atoms with Gasteiger partial charge in [-0.15, -0.1) is 0 Å². The van der Waals surface area contributed by atoms with Crippen molar-refractivity contribution >= 4 is 6.09 Å². The number of cyclic esters (lactones) is 1. The Balaban J connectivity index is 1.45. The molecule has 3 atom stereocenters. The summed E-state index contributed by atoms with van der Waals surface area (Å²) in [5, 5.41) is 2.92. The zero-order valence-corrected chi connectivity index (χ0v) is 22.1. The van der Waals surface area contributed by atoms with Crippen LogP contribution in [0.25, 0.3) is 0 Å². The normalized spacial score (nSPS) is 20.6. The van der Waals surface area contributed by atoms with E-state index < -0.39 is 29.9 Å². The first kappa shape index (κ1) is 26.0. The van der Waals surface area contributed by atoms with Crippen LogP contribution in [0, 0.1) is 11.6 Å². The molecule has 1 N–H and O–H groups in total. The number of nitrogens with one attached hydrogen (secondary N) is 1. The van der Waals surface area contributed by atoms with Crippen molar-refractivity contribution in [1.29, 1.82) is 0 Å². The molecule has 1 fully saturated rings. The molecule has 7 heteroatoms. The second kappa shape index (κ2) is 11.1. The molecule has 6 rings (SSSR count). The predicted molar refractivity (Wildman–Crippen MR) is 148 cm³/mol. The minimum Gasteiger partial charge on any atom is -0.496 e. The number of carbonyl (C=O) groups is 1. The molecule has 2 heterocycles. The maximum Gasteiger partial charge on any atom is 0.407 e. The van der Waals surface area contributed by atoms with E-state index in [-0.39, 0.29) is 18.5 Å². The number of nitrogens with zero attached hydrogens (tertiary/aromatic N) is 1. The summed E-state index contributed by atoms with van der Waals surface area (Å²) in [5.41, 5.74) is 4.90. The Morgan fingerprint density at radius 3 is 2.20 bits per heavy atom. The second-order valence-electron chi connectivity index (χ2n) is 10.4. The van der Waals surface area contributed by atoms with Crippen LogP contribution in [-0.2, 0) is 24.1 Å². The molecular weight excluding hydrogens is 510 g/mol. The molecule has 204 valence electrons. The average molecular weight is 541 g/mol. The lowest BCUT2D eigenvalue weighted by molar-refractivity contribution is 0.0183. The van der Waals surface area contributed by atoms with Crippen molar-refractivity contribution in [2.75, 3.05) is 7.11 Å². The fourth-order valence-electron chi connectivity index (χ4n) is 6.22. The fraction of sp³-hybridized carbons (Fsp3) is 0.242. The number of amides is 1. The SMILES string of the molecule is COc1cccc2c1CN(C(c1ccccc1)c1ccccc1)[C@@H]([C@H]1OC(=O)N[C@H]1Cc1cc(F)cc(F)c1)C2. The van der Waals surface area contributed by atoms with Gasteiger partial charge in [0.05, 0.1) is 25.2 Å². The molecule has 0 unspecified atom stereocenters. The van der Waals surface area contributed by atoms with Gasteiger partial charge in [0, 0.05) is 18.2 Å². The van der Waals surface area contributed by atoms with E-state index in [0.717, 1.165) is 34.1 Å². The van der Waals surface area contributed by atoms with Crippen LogP contribution < -0.4 is 10.1 Å². The van der Waals surface area contributed by atoms with Crippen LogP contribution in [-0.4, -0.2) is 36.3 Å². The van der Waals surface area contributed by atoms with E-state index in [1.54, 1.807) is 7.11 Å². The van der Waals surface area contributed by atoms with Gasteiger partial charge >= 0.3 is 6.09 Å². The Morgan fingerprint density at radius 1 is 0.925 bits per heavy atom. The lowest BCUT2D eigenvalue weighted by atomic mass is 9.83. The van der Waals surface area contributed by atoms with E-state index >= 15 is 0 Å². The predicted octanol–water partition coefficient (Wildman–Crippen LogP) is 6.21. The van der Waals surface area contributed by atoms with Crippen LogP contribution in [0.2, 0.25) is 0 Å². The summed E-state index contributed by atoms with van der Waals surface area (Å²) in [5.74, 6) is -0.482. The number of rotatable bonds is 7. The van der Waals surface area contributed by atoms with Crippen LogP contribution >= 0.6 is 0 Å². The molecule has 1 amide bonds. The first-order chi connectivity index (χ1) is 19.5. The number of halogens is 2. The summed E-state index contributed by atoms with van der Waals surface area (Å²) in [6.07, 6.45) is -0.245. The van der Waals surface area contributed by atoms with Crippen molar-refractivity contribution in [2.24, 2.45) is 0 Å². The number of ether oxygens (including phenoxy) is 2. The number of alkyl carbamates (subject to hydrolysis) is 1. The highest BCUT2D eigenvalue weighted by Crippen LogP contribution is 2.41. The minimum absolute atomic E-state index is 0.142. The number of carbonyl (C=O) groups excluding carboxylic acids is 1. The average Bonchev–Trinajstić information content (AvgIpc) is 3.32. The molecule has 4 aromatic rings. The molecular formula is C33H30F2N2O3. The van der Waals surface area contributed by atoms with Gasteiger partial charge in [-0.2, -0.15) is 0 Å². The summed E-state index contributed by atoms with van der Waals surface area (Å²) < 4.78 is 39.8. The lowest BCUT2D eigenvalue weighted by Gasteiger charge is -2.45. The summed E-state index contributed by atoms with van der Waals surface area (Å²) in [6, 6.07) is 29.2. The Bertz CT molecular complexity index is 1440. The third kappa shape index (κ3) is 5.17. The lowest BCUT2D eigenvalue weighted by Crippen LogP contribution is -2.53. The molecule has 0 aromatic heterocycles.